The van der Waals surface area contributed by atoms with Crippen molar-refractivity contribution in [1.29, 1.82) is 0 Å². The van der Waals surface area contributed by atoms with Gasteiger partial charge in [0.25, 0.3) is 5.91 Å². The van der Waals surface area contributed by atoms with Crippen molar-refractivity contribution < 1.29 is 23.8 Å². The highest BCUT2D eigenvalue weighted by Gasteiger charge is 2.29. The standard InChI is InChI=1S/C24H31N3O5/c1-24(2,3)32-23(29)26-19-9-10-20(18-8-6-5-7-17(18)19)31-14-16-11-12-25-21(13-16)27-22(28)15-30-4/h5-8,11-13,19-20H,9-10,14-15H2,1-4H3,(H,26,29)(H,25,27,28)/t19-,20+/m0/s1. The monoisotopic (exact) mass is 441 g/mol. The number of rotatable bonds is 7. The van der Waals surface area contributed by atoms with E-state index in [1.807, 2.05) is 51.1 Å². The third kappa shape index (κ3) is 6.77. The highest BCUT2D eigenvalue weighted by molar-refractivity contribution is 5.90. The van der Waals surface area contributed by atoms with Gasteiger partial charge in [0.05, 0.1) is 18.8 Å². The number of carbonyl (C=O) groups is 2. The zero-order valence-electron chi connectivity index (χ0n) is 19.0. The van der Waals surface area contributed by atoms with Gasteiger partial charge in [-0.05, 0) is 62.4 Å². The number of hydrogen-bond donors (Lipinski definition) is 2. The van der Waals surface area contributed by atoms with E-state index in [1.54, 1.807) is 12.3 Å². The van der Waals surface area contributed by atoms with Crippen LogP contribution in [0.15, 0.2) is 42.6 Å². The van der Waals surface area contributed by atoms with Crippen molar-refractivity contribution in [2.24, 2.45) is 0 Å². The summed E-state index contributed by atoms with van der Waals surface area (Å²) >= 11 is 0. The number of methoxy groups -OCH3 is 1. The molecule has 0 spiro atoms. The topological polar surface area (TPSA) is 98.8 Å². The molecular formula is C24H31N3O5. The third-order valence-corrected chi connectivity index (χ3v) is 4.95. The van der Waals surface area contributed by atoms with Gasteiger partial charge in [0.15, 0.2) is 0 Å². The molecule has 0 fully saturated rings. The van der Waals surface area contributed by atoms with Crippen LogP contribution in [0.4, 0.5) is 10.6 Å². The van der Waals surface area contributed by atoms with Gasteiger partial charge >= 0.3 is 6.09 Å². The number of aromatic nitrogens is 1. The Hall–Kier alpha value is -2.97. The van der Waals surface area contributed by atoms with E-state index in [0.29, 0.717) is 12.4 Å². The predicted octanol–water partition coefficient (Wildman–Crippen LogP) is 4.28. The van der Waals surface area contributed by atoms with Crippen LogP contribution in [0.3, 0.4) is 0 Å². The molecule has 1 heterocycles. The molecule has 0 bridgehead atoms. The Morgan fingerprint density at radius 3 is 2.59 bits per heavy atom. The van der Waals surface area contributed by atoms with Crippen molar-refractivity contribution in [1.82, 2.24) is 10.3 Å². The minimum absolute atomic E-state index is 0.0280. The zero-order chi connectivity index (χ0) is 23.1. The first-order valence-corrected chi connectivity index (χ1v) is 10.7. The van der Waals surface area contributed by atoms with Crippen molar-refractivity contribution in [2.75, 3.05) is 19.0 Å². The van der Waals surface area contributed by atoms with E-state index < -0.39 is 11.7 Å². The number of hydrogen-bond acceptors (Lipinski definition) is 6. The largest absolute Gasteiger partial charge is 0.444 e. The first-order valence-electron chi connectivity index (χ1n) is 10.7. The van der Waals surface area contributed by atoms with Crippen molar-refractivity contribution in [2.45, 2.75) is 58.0 Å². The van der Waals surface area contributed by atoms with Crippen LogP contribution < -0.4 is 10.6 Å². The van der Waals surface area contributed by atoms with Crippen LogP contribution in [-0.2, 0) is 25.6 Å². The molecule has 1 aromatic heterocycles. The van der Waals surface area contributed by atoms with E-state index in [9.17, 15) is 9.59 Å². The SMILES string of the molecule is COCC(=O)Nc1cc(CO[C@@H]2CC[C@H](NC(=O)OC(C)(C)C)c3ccccc32)ccn1. The second-order valence-electron chi connectivity index (χ2n) is 8.74. The minimum atomic E-state index is -0.545. The second-order valence-corrected chi connectivity index (χ2v) is 8.74. The van der Waals surface area contributed by atoms with Gasteiger partial charge in [0, 0.05) is 13.3 Å². The molecule has 2 amide bonds. The van der Waals surface area contributed by atoms with Gasteiger partial charge in [0.2, 0.25) is 0 Å². The van der Waals surface area contributed by atoms with E-state index in [2.05, 4.69) is 15.6 Å². The Morgan fingerprint density at radius 1 is 1.12 bits per heavy atom. The fourth-order valence-electron chi connectivity index (χ4n) is 3.66. The maximum atomic E-state index is 12.3. The van der Waals surface area contributed by atoms with Gasteiger partial charge in [0.1, 0.15) is 18.0 Å². The Morgan fingerprint density at radius 2 is 1.88 bits per heavy atom. The number of carbonyl (C=O) groups excluding carboxylic acids is 2. The number of anilines is 1. The van der Waals surface area contributed by atoms with E-state index in [0.717, 1.165) is 29.5 Å². The van der Waals surface area contributed by atoms with Crippen LogP contribution in [0, 0.1) is 0 Å². The molecule has 0 unspecified atom stereocenters. The molecule has 1 aromatic carbocycles. The molecule has 8 nitrogen and oxygen atoms in total. The minimum Gasteiger partial charge on any atom is -0.444 e. The fraction of sp³-hybridized carbons (Fsp3) is 0.458. The van der Waals surface area contributed by atoms with Gasteiger partial charge in [-0.1, -0.05) is 24.3 Å². The molecular weight excluding hydrogens is 410 g/mol. The highest BCUT2D eigenvalue weighted by atomic mass is 16.6. The second kappa shape index (κ2) is 10.6. The summed E-state index contributed by atoms with van der Waals surface area (Å²) in [6.07, 6.45) is 2.63. The lowest BCUT2D eigenvalue weighted by atomic mass is 9.85. The van der Waals surface area contributed by atoms with Crippen molar-refractivity contribution >= 4 is 17.8 Å². The number of pyridine rings is 1. The average molecular weight is 442 g/mol. The van der Waals surface area contributed by atoms with Crippen molar-refractivity contribution in [3.05, 3.63) is 59.3 Å². The van der Waals surface area contributed by atoms with E-state index in [1.165, 1.54) is 7.11 Å². The molecule has 0 saturated carbocycles. The molecule has 1 aliphatic carbocycles. The quantitative estimate of drug-likeness (QED) is 0.665. The lowest BCUT2D eigenvalue weighted by Crippen LogP contribution is -2.36. The summed E-state index contributed by atoms with van der Waals surface area (Å²) in [5.74, 6) is 0.196. The van der Waals surface area contributed by atoms with E-state index >= 15 is 0 Å². The van der Waals surface area contributed by atoms with Crippen LogP contribution in [-0.4, -0.2) is 36.3 Å². The maximum Gasteiger partial charge on any atom is 0.408 e. The van der Waals surface area contributed by atoms with Gasteiger partial charge in [-0.3, -0.25) is 4.79 Å². The number of amides is 2. The van der Waals surface area contributed by atoms with Crippen molar-refractivity contribution in [3.8, 4) is 0 Å². The van der Waals surface area contributed by atoms with E-state index in [4.69, 9.17) is 14.2 Å². The Kier molecular flexibility index (Phi) is 7.82. The third-order valence-electron chi connectivity index (χ3n) is 4.95. The highest BCUT2D eigenvalue weighted by Crippen LogP contribution is 2.38. The summed E-state index contributed by atoms with van der Waals surface area (Å²) in [4.78, 5) is 28.1. The van der Waals surface area contributed by atoms with Crippen LogP contribution in [0.25, 0.3) is 0 Å². The number of fused-ring (bicyclic) bond motifs is 1. The van der Waals surface area contributed by atoms with Crippen LogP contribution in [0.2, 0.25) is 0 Å². The molecule has 0 saturated heterocycles. The van der Waals surface area contributed by atoms with Gasteiger partial charge in [-0.15, -0.1) is 0 Å². The van der Waals surface area contributed by atoms with Crippen LogP contribution in [0.5, 0.6) is 0 Å². The fourth-order valence-corrected chi connectivity index (χ4v) is 3.66. The smallest absolute Gasteiger partial charge is 0.408 e. The number of ether oxygens (including phenoxy) is 3. The Bertz CT molecular complexity index is 941. The summed E-state index contributed by atoms with van der Waals surface area (Å²) in [7, 11) is 1.47. The summed E-state index contributed by atoms with van der Waals surface area (Å²) in [6.45, 7) is 5.88. The summed E-state index contributed by atoms with van der Waals surface area (Å²) in [5, 5.41) is 5.68. The molecule has 0 radical (unpaired) electrons. The summed E-state index contributed by atoms with van der Waals surface area (Å²) < 4.78 is 16.5. The van der Waals surface area contributed by atoms with Crippen LogP contribution in [0.1, 0.15) is 62.4 Å². The molecule has 1 aliphatic rings. The number of benzene rings is 1. The molecule has 8 heteroatoms. The summed E-state index contributed by atoms with van der Waals surface area (Å²) in [6, 6.07) is 11.5. The van der Waals surface area contributed by atoms with Gasteiger partial charge < -0.3 is 24.8 Å². The molecule has 172 valence electrons. The first-order chi connectivity index (χ1) is 15.2. The van der Waals surface area contributed by atoms with Crippen LogP contribution >= 0.6 is 0 Å². The molecule has 2 aromatic rings. The number of nitrogens with zero attached hydrogens (tertiary/aromatic N) is 1. The average Bonchev–Trinajstić information content (AvgIpc) is 2.72. The van der Waals surface area contributed by atoms with Crippen molar-refractivity contribution in [3.63, 3.8) is 0 Å². The normalized spacial score (nSPS) is 17.9. The zero-order valence-corrected chi connectivity index (χ0v) is 19.0. The lowest BCUT2D eigenvalue weighted by Gasteiger charge is -2.32. The lowest BCUT2D eigenvalue weighted by molar-refractivity contribution is -0.119. The molecule has 2 atom stereocenters. The Balaban J connectivity index is 1.64. The molecule has 32 heavy (non-hydrogen) atoms. The maximum absolute atomic E-state index is 12.3. The first kappa shape index (κ1) is 23.7. The molecule has 3 rings (SSSR count). The Labute approximate surface area is 188 Å². The number of nitrogens with one attached hydrogen (secondary N) is 2. The molecule has 2 N–H and O–H groups in total. The number of alkyl carbamates (subject to hydrolysis) is 1. The van der Waals surface area contributed by atoms with E-state index in [-0.39, 0.29) is 24.7 Å². The summed E-state index contributed by atoms with van der Waals surface area (Å²) in [5.41, 5.74) is 2.45. The predicted molar refractivity (Wildman–Crippen MR) is 120 cm³/mol. The van der Waals surface area contributed by atoms with Gasteiger partial charge in [-0.2, -0.15) is 0 Å². The molecule has 0 aliphatic heterocycles. The van der Waals surface area contributed by atoms with Gasteiger partial charge in [-0.25, -0.2) is 9.78 Å².